The summed E-state index contributed by atoms with van der Waals surface area (Å²) in [6, 6.07) is 17.6. The number of ether oxygens (including phenoxy) is 5. The second-order valence-electron chi connectivity index (χ2n) is 13.1. The molecule has 0 N–H and O–H groups in total. The van der Waals surface area contributed by atoms with Crippen molar-refractivity contribution in [1.82, 2.24) is 19.6 Å². The molecule has 9 nitrogen and oxygen atoms in total. The largest absolute Gasteiger partial charge is 0.491 e. The van der Waals surface area contributed by atoms with Crippen LogP contribution in [0.3, 0.4) is 0 Å². The van der Waals surface area contributed by atoms with Crippen molar-refractivity contribution >= 4 is 19.0 Å². The van der Waals surface area contributed by atoms with E-state index >= 15 is 0 Å². The van der Waals surface area contributed by atoms with E-state index in [4.69, 9.17) is 28.8 Å². The predicted octanol–water partition coefficient (Wildman–Crippen LogP) is 7.69. The summed E-state index contributed by atoms with van der Waals surface area (Å²) in [6.45, 7) is 13.8. The third-order valence-electron chi connectivity index (χ3n) is 7.93. The van der Waals surface area contributed by atoms with Gasteiger partial charge in [-0.05, 0) is 62.4 Å². The standard InChI is InChI=1S/C35H50N4O5Si/c1-28(16-20-40-17-10-18-41-26-29-11-6-5-7-12-29)44-31-14-15-33-32(23-31)35(37-39(33)34-13-8-9-19-43-34)30-24-36-38(25-30)27-42-21-22-45(2,3)4/h5-7,11-12,14-15,23-25,28,34H,8-10,13,16-22,26-27H2,1-4H3/t28-,34?/m1/s1. The zero-order valence-electron chi connectivity index (χ0n) is 27.5. The molecular formula is C35H50N4O5Si. The molecule has 2 atom stereocenters. The summed E-state index contributed by atoms with van der Waals surface area (Å²) in [5, 5.41) is 10.7. The molecule has 1 saturated heterocycles. The van der Waals surface area contributed by atoms with Crippen molar-refractivity contribution in [2.75, 3.05) is 33.0 Å². The molecular weight excluding hydrogens is 584 g/mol. The summed E-state index contributed by atoms with van der Waals surface area (Å²) in [6.07, 6.45) is 8.68. The van der Waals surface area contributed by atoms with Crippen molar-refractivity contribution < 1.29 is 23.7 Å². The molecule has 1 fully saturated rings. The van der Waals surface area contributed by atoms with Crippen molar-refractivity contribution in [3.05, 3.63) is 66.5 Å². The van der Waals surface area contributed by atoms with Crippen molar-refractivity contribution in [3.63, 3.8) is 0 Å². The Morgan fingerprint density at radius 3 is 2.62 bits per heavy atom. The Balaban J connectivity index is 1.16. The quantitative estimate of drug-likeness (QED) is 0.0820. The summed E-state index contributed by atoms with van der Waals surface area (Å²) in [5.74, 6) is 0.816. The highest BCUT2D eigenvalue weighted by atomic mass is 28.3. The topological polar surface area (TPSA) is 81.8 Å². The number of rotatable bonds is 18. The van der Waals surface area contributed by atoms with Crippen LogP contribution in [0, 0.1) is 0 Å². The van der Waals surface area contributed by atoms with Gasteiger partial charge in [-0.15, -0.1) is 0 Å². The SMILES string of the molecule is C[C@H](CCOCCCOCc1ccccc1)Oc1ccc2c(c1)c(-c1cnn(COCC[Si](C)(C)C)c1)nn2C1CCCCO1. The van der Waals surface area contributed by atoms with Gasteiger partial charge in [0.15, 0.2) is 6.23 Å². The Morgan fingerprint density at radius 1 is 0.978 bits per heavy atom. The minimum atomic E-state index is -1.13. The van der Waals surface area contributed by atoms with E-state index in [1.807, 2.05) is 46.0 Å². The molecule has 0 radical (unpaired) electrons. The van der Waals surface area contributed by atoms with E-state index in [2.05, 4.69) is 55.9 Å². The summed E-state index contributed by atoms with van der Waals surface area (Å²) in [7, 11) is -1.13. The van der Waals surface area contributed by atoms with Crippen LogP contribution in [0.4, 0.5) is 0 Å². The Morgan fingerprint density at radius 2 is 1.82 bits per heavy atom. The smallest absolute Gasteiger partial charge is 0.150 e. The zero-order valence-corrected chi connectivity index (χ0v) is 28.5. The maximum absolute atomic E-state index is 6.35. The molecule has 3 heterocycles. The van der Waals surface area contributed by atoms with Gasteiger partial charge >= 0.3 is 0 Å². The highest BCUT2D eigenvalue weighted by Gasteiger charge is 2.23. The minimum Gasteiger partial charge on any atom is -0.491 e. The van der Waals surface area contributed by atoms with E-state index in [1.54, 1.807) is 0 Å². The van der Waals surface area contributed by atoms with Crippen molar-refractivity contribution in [2.24, 2.45) is 0 Å². The van der Waals surface area contributed by atoms with Gasteiger partial charge in [-0.2, -0.15) is 10.2 Å². The second-order valence-corrected chi connectivity index (χ2v) is 18.8. The van der Waals surface area contributed by atoms with Gasteiger partial charge in [-0.25, -0.2) is 9.36 Å². The van der Waals surface area contributed by atoms with Crippen LogP contribution in [-0.2, 0) is 32.3 Å². The Hall–Kier alpha value is -3.02. The van der Waals surface area contributed by atoms with Crippen molar-refractivity contribution in [1.29, 1.82) is 0 Å². The third kappa shape index (κ3) is 10.2. The fourth-order valence-electron chi connectivity index (χ4n) is 5.31. The van der Waals surface area contributed by atoms with Crippen LogP contribution in [0.1, 0.15) is 50.8 Å². The summed E-state index contributed by atoms with van der Waals surface area (Å²) in [5.41, 5.74) is 4.06. The molecule has 4 aromatic rings. The highest BCUT2D eigenvalue weighted by molar-refractivity contribution is 6.76. The number of nitrogens with zero attached hydrogens (tertiary/aromatic N) is 4. The fraction of sp³-hybridized carbons (Fsp3) is 0.543. The lowest BCUT2D eigenvalue weighted by Gasteiger charge is -2.23. The Labute approximate surface area is 268 Å². The molecule has 10 heteroatoms. The summed E-state index contributed by atoms with van der Waals surface area (Å²) >= 11 is 0. The van der Waals surface area contributed by atoms with Gasteiger partial charge in [-0.1, -0.05) is 50.0 Å². The molecule has 0 bridgehead atoms. The lowest BCUT2D eigenvalue weighted by atomic mass is 10.1. The first-order valence-electron chi connectivity index (χ1n) is 16.5. The van der Waals surface area contributed by atoms with Crippen LogP contribution in [-0.4, -0.2) is 66.8 Å². The fourth-order valence-corrected chi connectivity index (χ4v) is 6.06. The van der Waals surface area contributed by atoms with Crippen LogP contribution < -0.4 is 4.74 Å². The van der Waals surface area contributed by atoms with E-state index in [0.29, 0.717) is 33.2 Å². The number of hydrogen-bond acceptors (Lipinski definition) is 7. The molecule has 5 rings (SSSR count). The molecule has 0 amide bonds. The van der Waals surface area contributed by atoms with Gasteiger partial charge in [0, 0.05) is 58.1 Å². The minimum absolute atomic E-state index is 0.00742. The molecule has 0 aliphatic carbocycles. The maximum atomic E-state index is 6.35. The van der Waals surface area contributed by atoms with Crippen LogP contribution in [0.25, 0.3) is 22.2 Å². The average Bonchev–Trinajstić information content (AvgIpc) is 3.66. The lowest BCUT2D eigenvalue weighted by molar-refractivity contribution is -0.0365. The number of benzene rings is 2. The van der Waals surface area contributed by atoms with Crippen LogP contribution >= 0.6 is 0 Å². The number of aromatic nitrogens is 4. The van der Waals surface area contributed by atoms with Gasteiger partial charge in [0.05, 0.1) is 31.0 Å². The normalized spacial score (nSPS) is 16.3. The van der Waals surface area contributed by atoms with Gasteiger partial charge in [0.25, 0.3) is 0 Å². The third-order valence-corrected chi connectivity index (χ3v) is 9.63. The molecule has 2 aromatic heterocycles. The maximum Gasteiger partial charge on any atom is 0.150 e. The molecule has 1 aliphatic heterocycles. The molecule has 45 heavy (non-hydrogen) atoms. The number of fused-ring (bicyclic) bond motifs is 1. The van der Waals surface area contributed by atoms with Gasteiger partial charge in [0.1, 0.15) is 18.2 Å². The van der Waals surface area contributed by atoms with Crippen LogP contribution in [0.15, 0.2) is 60.9 Å². The molecule has 1 aliphatic rings. The van der Waals surface area contributed by atoms with E-state index in [0.717, 1.165) is 79.3 Å². The molecule has 2 aromatic carbocycles. The molecule has 244 valence electrons. The highest BCUT2D eigenvalue weighted by Crippen LogP contribution is 2.35. The predicted molar refractivity (Wildman–Crippen MR) is 180 cm³/mol. The zero-order chi connectivity index (χ0) is 31.5. The average molecular weight is 635 g/mol. The monoisotopic (exact) mass is 634 g/mol. The van der Waals surface area contributed by atoms with Gasteiger partial charge in [0.2, 0.25) is 0 Å². The number of hydrogen-bond donors (Lipinski definition) is 0. The van der Waals surface area contributed by atoms with Crippen LogP contribution in [0.5, 0.6) is 5.75 Å². The Bertz CT molecular complexity index is 1450. The first-order valence-corrected chi connectivity index (χ1v) is 20.2. The first kappa shape index (κ1) is 33.3. The van der Waals surface area contributed by atoms with E-state index in [9.17, 15) is 0 Å². The van der Waals surface area contributed by atoms with E-state index in [1.165, 1.54) is 5.56 Å². The van der Waals surface area contributed by atoms with Crippen molar-refractivity contribution in [2.45, 2.75) is 90.4 Å². The summed E-state index contributed by atoms with van der Waals surface area (Å²) < 4.78 is 33.9. The van der Waals surface area contributed by atoms with Gasteiger partial charge in [-0.3, -0.25) is 0 Å². The molecule has 0 spiro atoms. The first-order chi connectivity index (χ1) is 21.9. The van der Waals surface area contributed by atoms with E-state index < -0.39 is 8.07 Å². The van der Waals surface area contributed by atoms with Crippen LogP contribution in [0.2, 0.25) is 25.7 Å². The molecule has 1 unspecified atom stereocenters. The van der Waals surface area contributed by atoms with E-state index in [-0.39, 0.29) is 12.3 Å². The Kier molecular flexibility index (Phi) is 12.2. The second kappa shape index (κ2) is 16.5. The lowest BCUT2D eigenvalue weighted by Crippen LogP contribution is -2.22. The molecule has 0 saturated carbocycles. The van der Waals surface area contributed by atoms with Gasteiger partial charge < -0.3 is 23.7 Å². The van der Waals surface area contributed by atoms with Crippen molar-refractivity contribution in [3.8, 4) is 17.0 Å². The summed E-state index contributed by atoms with van der Waals surface area (Å²) in [4.78, 5) is 0.